The van der Waals surface area contributed by atoms with E-state index in [0.29, 0.717) is 13.0 Å². The molecule has 0 heterocycles. The van der Waals surface area contributed by atoms with Crippen LogP contribution in [0.1, 0.15) is 59.8 Å². The molecule has 4 nitrogen and oxygen atoms in total. The molecule has 0 N–H and O–H groups in total. The fourth-order valence-corrected chi connectivity index (χ4v) is 2.19. The zero-order valence-electron chi connectivity index (χ0n) is 14.7. The Labute approximate surface area is 131 Å². The molecule has 126 valence electrons. The van der Waals surface area contributed by atoms with Gasteiger partial charge in [-0.2, -0.15) is 0 Å². The Kier molecular flexibility index (Phi) is 13.9. The molecule has 0 aliphatic carbocycles. The number of carbonyl (C=O) groups is 1. The van der Waals surface area contributed by atoms with E-state index in [-0.39, 0.29) is 5.97 Å². The number of carbonyl (C=O) groups excluding carboxylic acids is 1. The van der Waals surface area contributed by atoms with Crippen LogP contribution in [0.4, 0.5) is 0 Å². The zero-order valence-corrected chi connectivity index (χ0v) is 14.7. The fourth-order valence-electron chi connectivity index (χ4n) is 2.19. The minimum absolute atomic E-state index is 0.0483. The van der Waals surface area contributed by atoms with Crippen LogP contribution in [0, 0.1) is 0 Å². The number of hydrogen-bond acceptors (Lipinski definition) is 4. The summed E-state index contributed by atoms with van der Waals surface area (Å²) in [5.74, 6) is -0.0483. The second-order valence-corrected chi connectivity index (χ2v) is 5.55. The highest BCUT2D eigenvalue weighted by molar-refractivity contribution is 5.69. The molecule has 4 heteroatoms. The minimum atomic E-state index is -0.0483. The Morgan fingerprint density at radius 2 is 1.43 bits per heavy atom. The molecule has 0 rings (SSSR count). The van der Waals surface area contributed by atoms with Crippen LogP contribution >= 0.6 is 0 Å². The van der Waals surface area contributed by atoms with E-state index >= 15 is 0 Å². The third-order valence-electron chi connectivity index (χ3n) is 3.85. The highest BCUT2D eigenvalue weighted by Crippen LogP contribution is 2.00. The lowest BCUT2D eigenvalue weighted by Crippen LogP contribution is -2.36. The van der Waals surface area contributed by atoms with Crippen molar-refractivity contribution in [3.63, 3.8) is 0 Å². The van der Waals surface area contributed by atoms with Crippen LogP contribution in [0.25, 0.3) is 0 Å². The van der Waals surface area contributed by atoms with Gasteiger partial charge in [0, 0.05) is 19.6 Å². The van der Waals surface area contributed by atoms with Crippen LogP contribution in [-0.4, -0.2) is 61.6 Å². The Morgan fingerprint density at radius 1 is 0.810 bits per heavy atom. The minimum Gasteiger partial charge on any atom is -0.466 e. The predicted molar refractivity (Wildman–Crippen MR) is 89.6 cm³/mol. The van der Waals surface area contributed by atoms with Gasteiger partial charge in [0.2, 0.25) is 0 Å². The van der Waals surface area contributed by atoms with Gasteiger partial charge >= 0.3 is 5.97 Å². The normalized spacial score (nSPS) is 11.3. The molecule has 0 saturated carbocycles. The molecule has 0 aromatic carbocycles. The van der Waals surface area contributed by atoms with Crippen molar-refractivity contribution in [2.24, 2.45) is 0 Å². The number of esters is 1. The molecule has 0 aromatic heterocycles. The van der Waals surface area contributed by atoms with Gasteiger partial charge < -0.3 is 14.5 Å². The first-order valence-electron chi connectivity index (χ1n) is 8.78. The summed E-state index contributed by atoms with van der Waals surface area (Å²) >= 11 is 0. The van der Waals surface area contributed by atoms with Crippen molar-refractivity contribution in [2.45, 2.75) is 59.8 Å². The van der Waals surface area contributed by atoms with Gasteiger partial charge in [0.25, 0.3) is 0 Å². The van der Waals surface area contributed by atoms with Crippen LogP contribution in [-0.2, 0) is 9.53 Å². The van der Waals surface area contributed by atoms with Crippen LogP contribution in [0.15, 0.2) is 0 Å². The van der Waals surface area contributed by atoms with Gasteiger partial charge in [-0.3, -0.25) is 4.79 Å². The predicted octanol–water partition coefficient (Wildman–Crippen LogP) is 3.16. The molecule has 0 radical (unpaired) electrons. The third kappa shape index (κ3) is 11.7. The van der Waals surface area contributed by atoms with E-state index in [2.05, 4.69) is 37.5 Å². The molecule has 0 amide bonds. The lowest BCUT2D eigenvalue weighted by atomic mass is 10.3. The summed E-state index contributed by atoms with van der Waals surface area (Å²) in [7, 11) is 0. The van der Waals surface area contributed by atoms with Crippen molar-refractivity contribution in [3.8, 4) is 0 Å². The molecule has 0 fully saturated rings. The molecule has 0 unspecified atom stereocenters. The first-order valence-corrected chi connectivity index (χ1v) is 8.78. The van der Waals surface area contributed by atoms with Gasteiger partial charge in [-0.25, -0.2) is 0 Å². The van der Waals surface area contributed by atoms with Gasteiger partial charge in [0.15, 0.2) is 0 Å². The maximum absolute atomic E-state index is 11.7. The smallest absolute Gasteiger partial charge is 0.307 e. The number of likely N-dealkylation sites (N-methyl/N-ethyl adjacent to an activating group) is 1. The largest absolute Gasteiger partial charge is 0.466 e. The molecule has 0 saturated heterocycles. The van der Waals surface area contributed by atoms with Gasteiger partial charge in [-0.1, -0.05) is 40.5 Å². The standard InChI is InChI=1S/C17H36N2O2/c1-5-9-12-19(15-14-18(7-3)8-4)13-11-17(20)21-16-10-6-2/h5-16H2,1-4H3. The zero-order chi connectivity index (χ0) is 15.9. The van der Waals surface area contributed by atoms with E-state index < -0.39 is 0 Å². The van der Waals surface area contributed by atoms with Gasteiger partial charge in [0.1, 0.15) is 0 Å². The summed E-state index contributed by atoms with van der Waals surface area (Å²) in [5.41, 5.74) is 0. The van der Waals surface area contributed by atoms with Crippen molar-refractivity contribution < 1.29 is 9.53 Å². The lowest BCUT2D eigenvalue weighted by molar-refractivity contribution is -0.144. The Morgan fingerprint density at radius 3 is 2.00 bits per heavy atom. The van der Waals surface area contributed by atoms with Gasteiger partial charge in [-0.15, -0.1) is 0 Å². The molecule has 0 atom stereocenters. The summed E-state index contributed by atoms with van der Waals surface area (Å²) in [5, 5.41) is 0. The van der Waals surface area contributed by atoms with E-state index in [1.54, 1.807) is 0 Å². The van der Waals surface area contributed by atoms with Crippen molar-refractivity contribution in [2.75, 3.05) is 45.9 Å². The van der Waals surface area contributed by atoms with Crippen molar-refractivity contribution in [1.82, 2.24) is 9.80 Å². The summed E-state index contributed by atoms with van der Waals surface area (Å²) < 4.78 is 5.23. The van der Waals surface area contributed by atoms with Crippen molar-refractivity contribution in [3.05, 3.63) is 0 Å². The maximum Gasteiger partial charge on any atom is 0.307 e. The average molecular weight is 300 g/mol. The van der Waals surface area contributed by atoms with Crippen LogP contribution in [0.3, 0.4) is 0 Å². The second-order valence-electron chi connectivity index (χ2n) is 5.55. The second kappa shape index (κ2) is 14.3. The van der Waals surface area contributed by atoms with E-state index in [9.17, 15) is 4.79 Å². The van der Waals surface area contributed by atoms with Crippen molar-refractivity contribution in [1.29, 1.82) is 0 Å². The number of unbranched alkanes of at least 4 members (excludes halogenated alkanes) is 2. The van der Waals surface area contributed by atoms with Gasteiger partial charge in [-0.05, 0) is 32.5 Å². The van der Waals surface area contributed by atoms with Crippen molar-refractivity contribution >= 4 is 5.97 Å². The van der Waals surface area contributed by atoms with Gasteiger partial charge in [0.05, 0.1) is 13.0 Å². The van der Waals surface area contributed by atoms with E-state index in [1.165, 1.54) is 12.8 Å². The Hall–Kier alpha value is -0.610. The molecular formula is C17H36N2O2. The number of rotatable bonds is 14. The Balaban J connectivity index is 4.01. The molecule has 0 aromatic rings. The van der Waals surface area contributed by atoms with Crippen LogP contribution in [0.2, 0.25) is 0 Å². The average Bonchev–Trinajstić information content (AvgIpc) is 2.50. The molecule has 0 bridgehead atoms. The summed E-state index contributed by atoms with van der Waals surface area (Å²) in [6, 6.07) is 0. The molecular weight excluding hydrogens is 264 g/mol. The van der Waals surface area contributed by atoms with Crippen LogP contribution < -0.4 is 0 Å². The molecule has 0 aliphatic rings. The third-order valence-corrected chi connectivity index (χ3v) is 3.85. The first kappa shape index (κ1) is 20.4. The van der Waals surface area contributed by atoms with Crippen LogP contribution in [0.5, 0.6) is 0 Å². The molecule has 21 heavy (non-hydrogen) atoms. The molecule has 0 aliphatic heterocycles. The molecule has 0 spiro atoms. The first-order chi connectivity index (χ1) is 10.2. The Bertz CT molecular complexity index is 243. The SMILES string of the molecule is CCCCOC(=O)CCN(CCCC)CCN(CC)CC. The maximum atomic E-state index is 11.7. The summed E-state index contributed by atoms with van der Waals surface area (Å²) in [6.07, 6.45) is 4.95. The number of ether oxygens (including phenoxy) is 1. The lowest BCUT2D eigenvalue weighted by Gasteiger charge is -2.26. The van der Waals surface area contributed by atoms with E-state index in [1.807, 2.05) is 0 Å². The van der Waals surface area contributed by atoms with E-state index in [4.69, 9.17) is 4.74 Å². The summed E-state index contributed by atoms with van der Waals surface area (Å²) in [6.45, 7) is 15.5. The van der Waals surface area contributed by atoms with E-state index in [0.717, 1.165) is 52.1 Å². The number of hydrogen-bond donors (Lipinski definition) is 0. The topological polar surface area (TPSA) is 32.8 Å². The summed E-state index contributed by atoms with van der Waals surface area (Å²) in [4.78, 5) is 16.5. The highest BCUT2D eigenvalue weighted by Gasteiger charge is 2.10. The fraction of sp³-hybridized carbons (Fsp3) is 0.941. The number of nitrogens with zero attached hydrogens (tertiary/aromatic N) is 2. The quantitative estimate of drug-likeness (QED) is 0.364. The highest BCUT2D eigenvalue weighted by atomic mass is 16.5. The monoisotopic (exact) mass is 300 g/mol.